The van der Waals surface area contributed by atoms with Gasteiger partial charge in [-0.1, -0.05) is 0 Å². The van der Waals surface area contributed by atoms with E-state index in [0.717, 1.165) is 19.4 Å². The van der Waals surface area contributed by atoms with Crippen molar-refractivity contribution < 1.29 is 9.53 Å². The molecule has 17 heavy (non-hydrogen) atoms. The van der Waals surface area contributed by atoms with Crippen LogP contribution in [0.2, 0.25) is 0 Å². The van der Waals surface area contributed by atoms with Crippen molar-refractivity contribution in [3.8, 4) is 6.07 Å². The standard InChI is InChI=1S/C11H12N4O2/c1-17-11(16)9-3-2-4-15(9)10-7-13-8(5-12)6-14-10/h6-7,9H,2-4H2,1H3. The molecule has 2 rings (SSSR count). The fourth-order valence-corrected chi connectivity index (χ4v) is 1.95. The third kappa shape index (κ3) is 2.18. The number of rotatable bonds is 2. The van der Waals surface area contributed by atoms with Gasteiger partial charge >= 0.3 is 5.97 Å². The lowest BCUT2D eigenvalue weighted by Crippen LogP contribution is -2.37. The van der Waals surface area contributed by atoms with E-state index in [4.69, 9.17) is 10.00 Å². The molecule has 0 aliphatic carbocycles. The van der Waals surface area contributed by atoms with Crippen molar-refractivity contribution in [1.82, 2.24) is 9.97 Å². The van der Waals surface area contributed by atoms with Gasteiger partial charge in [-0.2, -0.15) is 5.26 Å². The zero-order chi connectivity index (χ0) is 12.3. The zero-order valence-electron chi connectivity index (χ0n) is 9.46. The van der Waals surface area contributed by atoms with E-state index in [9.17, 15) is 4.79 Å². The van der Waals surface area contributed by atoms with E-state index in [0.29, 0.717) is 5.82 Å². The summed E-state index contributed by atoms with van der Waals surface area (Å²) in [6.07, 6.45) is 4.59. The minimum Gasteiger partial charge on any atom is -0.467 e. The molecular weight excluding hydrogens is 220 g/mol. The molecule has 1 aliphatic rings. The first-order chi connectivity index (χ1) is 8.26. The Morgan fingerprint density at radius 3 is 3.00 bits per heavy atom. The predicted molar refractivity (Wildman–Crippen MR) is 59.1 cm³/mol. The predicted octanol–water partition coefficient (Wildman–Crippen LogP) is 0.490. The number of methoxy groups -OCH3 is 1. The lowest BCUT2D eigenvalue weighted by molar-refractivity contribution is -0.141. The van der Waals surface area contributed by atoms with Gasteiger partial charge in [-0.15, -0.1) is 0 Å². The lowest BCUT2D eigenvalue weighted by Gasteiger charge is -2.22. The largest absolute Gasteiger partial charge is 0.467 e. The maximum atomic E-state index is 11.6. The topological polar surface area (TPSA) is 79.1 Å². The van der Waals surface area contributed by atoms with Crippen LogP contribution in [0.3, 0.4) is 0 Å². The van der Waals surface area contributed by atoms with Crippen LogP contribution in [-0.2, 0) is 9.53 Å². The van der Waals surface area contributed by atoms with Crippen LogP contribution in [-0.4, -0.2) is 35.6 Å². The van der Waals surface area contributed by atoms with E-state index in [1.807, 2.05) is 11.0 Å². The van der Waals surface area contributed by atoms with Gasteiger partial charge in [-0.05, 0) is 12.8 Å². The highest BCUT2D eigenvalue weighted by atomic mass is 16.5. The quantitative estimate of drug-likeness (QED) is 0.690. The summed E-state index contributed by atoms with van der Waals surface area (Å²) in [6, 6.07) is 1.62. The average Bonchev–Trinajstić information content (AvgIpc) is 2.87. The van der Waals surface area contributed by atoms with Crippen molar-refractivity contribution in [2.24, 2.45) is 0 Å². The highest BCUT2D eigenvalue weighted by Crippen LogP contribution is 2.23. The summed E-state index contributed by atoms with van der Waals surface area (Å²) in [5.74, 6) is 0.352. The van der Waals surface area contributed by atoms with E-state index in [1.165, 1.54) is 19.5 Å². The Hall–Kier alpha value is -2.16. The van der Waals surface area contributed by atoms with Crippen LogP contribution in [0.1, 0.15) is 18.5 Å². The summed E-state index contributed by atoms with van der Waals surface area (Å²) in [6.45, 7) is 0.750. The van der Waals surface area contributed by atoms with E-state index in [2.05, 4.69) is 9.97 Å². The molecule has 1 atom stereocenters. The average molecular weight is 232 g/mol. The smallest absolute Gasteiger partial charge is 0.328 e. The Morgan fingerprint density at radius 1 is 1.59 bits per heavy atom. The van der Waals surface area contributed by atoms with Crippen LogP contribution < -0.4 is 4.90 Å². The second-order valence-electron chi connectivity index (χ2n) is 3.75. The van der Waals surface area contributed by atoms with Crippen LogP contribution in [0.15, 0.2) is 12.4 Å². The third-order valence-electron chi connectivity index (χ3n) is 2.77. The summed E-state index contributed by atoms with van der Waals surface area (Å²) in [4.78, 5) is 21.5. The molecule has 2 heterocycles. The first-order valence-electron chi connectivity index (χ1n) is 5.33. The third-order valence-corrected chi connectivity index (χ3v) is 2.77. The Bertz CT molecular complexity index is 452. The van der Waals surface area contributed by atoms with Gasteiger partial charge in [-0.3, -0.25) is 0 Å². The molecule has 0 bridgehead atoms. The van der Waals surface area contributed by atoms with Gasteiger partial charge in [0.05, 0.1) is 19.5 Å². The van der Waals surface area contributed by atoms with Crippen molar-refractivity contribution in [3.05, 3.63) is 18.1 Å². The molecule has 1 fully saturated rings. The summed E-state index contributed by atoms with van der Waals surface area (Å²) >= 11 is 0. The van der Waals surface area contributed by atoms with Crippen LogP contribution >= 0.6 is 0 Å². The van der Waals surface area contributed by atoms with Crippen molar-refractivity contribution >= 4 is 11.8 Å². The number of hydrogen-bond acceptors (Lipinski definition) is 6. The fraction of sp³-hybridized carbons (Fsp3) is 0.455. The van der Waals surface area contributed by atoms with Crippen molar-refractivity contribution in [1.29, 1.82) is 5.26 Å². The summed E-state index contributed by atoms with van der Waals surface area (Å²) < 4.78 is 4.75. The molecule has 1 aromatic heterocycles. The van der Waals surface area contributed by atoms with Gasteiger partial charge in [0, 0.05) is 6.54 Å². The normalized spacial score (nSPS) is 18.8. The molecule has 1 unspecified atom stereocenters. The number of ether oxygens (including phenoxy) is 1. The molecule has 0 aromatic carbocycles. The molecule has 1 aromatic rings. The number of nitriles is 1. The molecule has 0 radical (unpaired) electrons. The van der Waals surface area contributed by atoms with Crippen LogP contribution in [0.4, 0.5) is 5.82 Å². The van der Waals surface area contributed by atoms with Gasteiger partial charge in [-0.25, -0.2) is 14.8 Å². The summed E-state index contributed by atoms with van der Waals surface area (Å²) in [5.41, 5.74) is 0.266. The molecule has 6 nitrogen and oxygen atoms in total. The molecule has 0 spiro atoms. The first-order valence-corrected chi connectivity index (χ1v) is 5.33. The van der Waals surface area contributed by atoms with Crippen molar-refractivity contribution in [2.75, 3.05) is 18.6 Å². The molecule has 0 N–H and O–H groups in total. The number of aromatic nitrogens is 2. The molecule has 88 valence electrons. The maximum absolute atomic E-state index is 11.6. The minimum atomic E-state index is -0.290. The molecule has 0 amide bonds. The number of nitrogens with zero attached hydrogens (tertiary/aromatic N) is 4. The second-order valence-corrected chi connectivity index (χ2v) is 3.75. The number of anilines is 1. The zero-order valence-corrected chi connectivity index (χ0v) is 9.46. The Kier molecular flexibility index (Phi) is 3.19. The van der Waals surface area contributed by atoms with Crippen LogP contribution in [0.5, 0.6) is 0 Å². The SMILES string of the molecule is COC(=O)C1CCCN1c1cnc(C#N)cn1. The van der Waals surface area contributed by atoms with Gasteiger partial charge < -0.3 is 9.64 Å². The number of carbonyl (C=O) groups excluding carboxylic acids is 1. The highest BCUT2D eigenvalue weighted by Gasteiger charge is 2.32. The van der Waals surface area contributed by atoms with Gasteiger partial charge in [0.1, 0.15) is 17.9 Å². The van der Waals surface area contributed by atoms with Gasteiger partial charge in [0.15, 0.2) is 5.69 Å². The van der Waals surface area contributed by atoms with Crippen LogP contribution in [0, 0.1) is 11.3 Å². The fourth-order valence-electron chi connectivity index (χ4n) is 1.95. The summed E-state index contributed by atoms with van der Waals surface area (Å²) in [7, 11) is 1.38. The molecule has 6 heteroatoms. The molecule has 1 aliphatic heterocycles. The van der Waals surface area contributed by atoms with E-state index in [-0.39, 0.29) is 17.7 Å². The Balaban J connectivity index is 2.20. The molecular formula is C11H12N4O2. The van der Waals surface area contributed by atoms with Crippen molar-refractivity contribution in [2.45, 2.75) is 18.9 Å². The monoisotopic (exact) mass is 232 g/mol. The number of esters is 1. The Labute approximate surface area is 98.8 Å². The van der Waals surface area contributed by atoms with Crippen molar-refractivity contribution in [3.63, 3.8) is 0 Å². The van der Waals surface area contributed by atoms with Gasteiger partial charge in [0.2, 0.25) is 0 Å². The van der Waals surface area contributed by atoms with Crippen LogP contribution in [0.25, 0.3) is 0 Å². The Morgan fingerprint density at radius 2 is 2.41 bits per heavy atom. The van der Waals surface area contributed by atoms with Gasteiger partial charge in [0.25, 0.3) is 0 Å². The maximum Gasteiger partial charge on any atom is 0.328 e. The first kappa shape index (κ1) is 11.3. The molecule has 0 saturated carbocycles. The minimum absolute atomic E-state index is 0.256. The highest BCUT2D eigenvalue weighted by molar-refractivity contribution is 5.80. The van der Waals surface area contributed by atoms with E-state index < -0.39 is 0 Å². The number of carbonyl (C=O) groups is 1. The van der Waals surface area contributed by atoms with E-state index >= 15 is 0 Å². The number of hydrogen-bond donors (Lipinski definition) is 0. The molecule has 1 saturated heterocycles. The lowest BCUT2D eigenvalue weighted by atomic mass is 10.2. The summed E-state index contributed by atoms with van der Waals surface area (Å²) in [5, 5.41) is 8.63. The second kappa shape index (κ2) is 4.78. The van der Waals surface area contributed by atoms with E-state index in [1.54, 1.807) is 0 Å².